The Balaban J connectivity index is 2.29. The van der Waals surface area contributed by atoms with Gasteiger partial charge in [-0.15, -0.1) is 0 Å². The summed E-state index contributed by atoms with van der Waals surface area (Å²) in [5.74, 6) is 0.340. The maximum absolute atomic E-state index is 12.0. The number of carbonyl (C=O) groups is 1. The van der Waals surface area contributed by atoms with E-state index >= 15 is 0 Å². The van der Waals surface area contributed by atoms with Crippen LogP contribution >= 0.6 is 0 Å². The average molecular weight is 273 g/mol. The largest absolute Gasteiger partial charge is 0.464 e. The molecule has 0 radical (unpaired) electrons. The molecule has 0 saturated heterocycles. The van der Waals surface area contributed by atoms with Crippen LogP contribution in [-0.2, 0) is 9.53 Å². The van der Waals surface area contributed by atoms with Crippen LogP contribution < -0.4 is 0 Å². The third-order valence-electron chi connectivity index (χ3n) is 3.62. The van der Waals surface area contributed by atoms with Crippen LogP contribution in [0.15, 0.2) is 30.5 Å². The minimum absolute atomic E-state index is 0.169. The van der Waals surface area contributed by atoms with Gasteiger partial charge in [0.05, 0.1) is 6.61 Å². The van der Waals surface area contributed by atoms with Gasteiger partial charge in [-0.1, -0.05) is 26.8 Å². The van der Waals surface area contributed by atoms with Gasteiger partial charge in [0.15, 0.2) is 0 Å². The lowest BCUT2D eigenvalue weighted by Crippen LogP contribution is -2.18. The quantitative estimate of drug-likeness (QED) is 0.761. The van der Waals surface area contributed by atoms with Crippen molar-refractivity contribution in [2.45, 2.75) is 46.1 Å². The van der Waals surface area contributed by atoms with Gasteiger partial charge in [-0.3, -0.25) is 0 Å². The Labute approximate surface area is 120 Å². The van der Waals surface area contributed by atoms with E-state index in [1.807, 2.05) is 24.6 Å². The fourth-order valence-corrected chi connectivity index (χ4v) is 2.32. The van der Waals surface area contributed by atoms with Gasteiger partial charge >= 0.3 is 5.97 Å². The van der Waals surface area contributed by atoms with E-state index < -0.39 is 0 Å². The van der Waals surface area contributed by atoms with Crippen molar-refractivity contribution < 1.29 is 9.53 Å². The SMILES string of the molecule is CCCOC(=O)C(C)n1ccc2cc(C(C)C)ccc21. The highest BCUT2D eigenvalue weighted by Crippen LogP contribution is 2.25. The Bertz CT molecular complexity index is 598. The van der Waals surface area contributed by atoms with Crippen molar-refractivity contribution in [2.75, 3.05) is 6.61 Å². The van der Waals surface area contributed by atoms with E-state index in [-0.39, 0.29) is 12.0 Å². The molecule has 0 amide bonds. The number of hydrogen-bond donors (Lipinski definition) is 0. The Morgan fingerprint density at radius 3 is 2.65 bits per heavy atom. The number of esters is 1. The lowest BCUT2D eigenvalue weighted by Gasteiger charge is -2.14. The zero-order valence-corrected chi connectivity index (χ0v) is 12.7. The van der Waals surface area contributed by atoms with Crippen molar-refractivity contribution in [3.8, 4) is 0 Å². The maximum Gasteiger partial charge on any atom is 0.328 e. The van der Waals surface area contributed by atoms with Gasteiger partial charge in [0, 0.05) is 11.7 Å². The summed E-state index contributed by atoms with van der Waals surface area (Å²) in [4.78, 5) is 12.0. The lowest BCUT2D eigenvalue weighted by molar-refractivity contribution is -0.147. The molecule has 0 bridgehead atoms. The molecule has 0 aliphatic carbocycles. The van der Waals surface area contributed by atoms with Gasteiger partial charge in [0.1, 0.15) is 6.04 Å². The summed E-state index contributed by atoms with van der Waals surface area (Å²) in [7, 11) is 0. The second-order valence-electron chi connectivity index (χ2n) is 5.54. The number of hydrogen-bond acceptors (Lipinski definition) is 2. The summed E-state index contributed by atoms with van der Waals surface area (Å²) in [5, 5.41) is 1.17. The molecule has 20 heavy (non-hydrogen) atoms. The van der Waals surface area contributed by atoms with Gasteiger partial charge < -0.3 is 9.30 Å². The summed E-state index contributed by atoms with van der Waals surface area (Å²) in [5.41, 5.74) is 2.40. The minimum atomic E-state index is -0.288. The predicted molar refractivity (Wildman–Crippen MR) is 82.0 cm³/mol. The van der Waals surface area contributed by atoms with Crippen LogP contribution in [0.25, 0.3) is 10.9 Å². The van der Waals surface area contributed by atoms with Crippen molar-refractivity contribution in [3.63, 3.8) is 0 Å². The third-order valence-corrected chi connectivity index (χ3v) is 3.62. The van der Waals surface area contributed by atoms with Gasteiger partial charge in [0.25, 0.3) is 0 Å². The number of benzene rings is 1. The van der Waals surface area contributed by atoms with E-state index in [2.05, 4.69) is 38.1 Å². The molecule has 0 N–H and O–H groups in total. The molecule has 3 heteroatoms. The van der Waals surface area contributed by atoms with Gasteiger partial charge in [-0.25, -0.2) is 4.79 Å². The number of rotatable bonds is 5. The predicted octanol–water partition coefficient (Wildman–Crippen LogP) is 4.28. The topological polar surface area (TPSA) is 31.2 Å². The van der Waals surface area contributed by atoms with Crippen LogP contribution in [0, 0.1) is 0 Å². The second kappa shape index (κ2) is 6.12. The Hall–Kier alpha value is -1.77. The Morgan fingerprint density at radius 2 is 2.00 bits per heavy atom. The molecular formula is C17H23NO2. The first kappa shape index (κ1) is 14.6. The highest BCUT2D eigenvalue weighted by molar-refractivity contribution is 5.84. The van der Waals surface area contributed by atoms with Gasteiger partial charge in [0.2, 0.25) is 0 Å². The molecule has 108 valence electrons. The first-order chi connectivity index (χ1) is 9.54. The number of ether oxygens (including phenoxy) is 1. The Morgan fingerprint density at radius 1 is 1.25 bits per heavy atom. The molecule has 2 aromatic rings. The molecule has 1 atom stereocenters. The van der Waals surface area contributed by atoms with E-state index in [1.54, 1.807) is 0 Å². The average Bonchev–Trinajstić information content (AvgIpc) is 2.86. The van der Waals surface area contributed by atoms with Crippen LogP contribution in [-0.4, -0.2) is 17.1 Å². The molecule has 3 nitrogen and oxygen atoms in total. The van der Waals surface area contributed by atoms with Crippen molar-refractivity contribution in [1.29, 1.82) is 0 Å². The smallest absolute Gasteiger partial charge is 0.328 e. The zero-order chi connectivity index (χ0) is 14.7. The first-order valence-corrected chi connectivity index (χ1v) is 7.31. The molecule has 2 rings (SSSR count). The first-order valence-electron chi connectivity index (χ1n) is 7.31. The molecular weight excluding hydrogens is 250 g/mol. The fourth-order valence-electron chi connectivity index (χ4n) is 2.32. The lowest BCUT2D eigenvalue weighted by atomic mass is 10.0. The van der Waals surface area contributed by atoms with E-state index in [0.29, 0.717) is 12.5 Å². The summed E-state index contributed by atoms with van der Waals surface area (Å²) >= 11 is 0. The molecule has 0 saturated carbocycles. The molecule has 0 aliphatic rings. The molecule has 1 unspecified atom stereocenters. The Kier molecular flexibility index (Phi) is 4.48. The number of aromatic nitrogens is 1. The van der Waals surface area contributed by atoms with Crippen molar-refractivity contribution in [2.24, 2.45) is 0 Å². The highest BCUT2D eigenvalue weighted by atomic mass is 16.5. The summed E-state index contributed by atoms with van der Waals surface area (Å²) < 4.78 is 7.21. The van der Waals surface area contributed by atoms with Crippen molar-refractivity contribution in [1.82, 2.24) is 4.57 Å². The molecule has 0 aliphatic heterocycles. The summed E-state index contributed by atoms with van der Waals surface area (Å²) in [6.07, 6.45) is 2.81. The minimum Gasteiger partial charge on any atom is -0.464 e. The third kappa shape index (κ3) is 2.87. The fraction of sp³-hybridized carbons (Fsp3) is 0.471. The standard InChI is InChI=1S/C17H23NO2/c1-5-10-20-17(19)13(4)18-9-8-15-11-14(12(2)3)6-7-16(15)18/h6-9,11-13H,5,10H2,1-4H3. The van der Waals surface area contributed by atoms with Crippen LogP contribution in [0.1, 0.15) is 51.6 Å². The molecule has 1 aromatic carbocycles. The second-order valence-corrected chi connectivity index (χ2v) is 5.54. The number of nitrogens with zero attached hydrogens (tertiary/aromatic N) is 1. The van der Waals surface area contributed by atoms with E-state index in [9.17, 15) is 4.79 Å². The van der Waals surface area contributed by atoms with Crippen LogP contribution in [0.3, 0.4) is 0 Å². The summed E-state index contributed by atoms with van der Waals surface area (Å²) in [6.45, 7) is 8.73. The normalized spacial score (nSPS) is 12.8. The van der Waals surface area contributed by atoms with E-state index in [0.717, 1.165) is 11.9 Å². The van der Waals surface area contributed by atoms with Crippen molar-refractivity contribution in [3.05, 3.63) is 36.0 Å². The molecule has 1 heterocycles. The molecule has 0 fully saturated rings. The maximum atomic E-state index is 12.0. The highest BCUT2D eigenvalue weighted by Gasteiger charge is 2.17. The van der Waals surface area contributed by atoms with E-state index in [1.165, 1.54) is 10.9 Å². The van der Waals surface area contributed by atoms with Crippen LogP contribution in [0.4, 0.5) is 0 Å². The number of fused-ring (bicyclic) bond motifs is 1. The van der Waals surface area contributed by atoms with Gasteiger partial charge in [-0.2, -0.15) is 0 Å². The zero-order valence-electron chi connectivity index (χ0n) is 12.7. The van der Waals surface area contributed by atoms with Crippen LogP contribution in [0.2, 0.25) is 0 Å². The van der Waals surface area contributed by atoms with E-state index in [4.69, 9.17) is 4.74 Å². The molecule has 1 aromatic heterocycles. The van der Waals surface area contributed by atoms with Gasteiger partial charge in [-0.05, 0) is 48.4 Å². The molecule has 0 spiro atoms. The van der Waals surface area contributed by atoms with Crippen LogP contribution in [0.5, 0.6) is 0 Å². The monoisotopic (exact) mass is 273 g/mol. The summed E-state index contributed by atoms with van der Waals surface area (Å²) in [6, 6.07) is 8.19. The number of carbonyl (C=O) groups excluding carboxylic acids is 1. The van der Waals surface area contributed by atoms with Crippen molar-refractivity contribution >= 4 is 16.9 Å².